The Morgan fingerprint density at radius 2 is 1.78 bits per heavy atom. The number of carbonyl (C=O) groups is 1. The van der Waals surface area contributed by atoms with E-state index in [4.69, 9.17) is 9.90 Å². The minimum atomic E-state index is -5.08. The summed E-state index contributed by atoms with van der Waals surface area (Å²) in [5.41, 5.74) is -0.423. The van der Waals surface area contributed by atoms with Crippen molar-refractivity contribution in [1.82, 2.24) is 19.2 Å². The summed E-state index contributed by atoms with van der Waals surface area (Å²) in [5, 5.41) is 13.7. The van der Waals surface area contributed by atoms with Gasteiger partial charge >= 0.3 is 23.3 Å². The van der Waals surface area contributed by atoms with E-state index >= 15 is 0 Å². The molecule has 1 aromatic carbocycles. The lowest BCUT2D eigenvalue weighted by atomic mass is 9.86. The second-order valence-electron chi connectivity index (χ2n) is 8.92. The number of halogens is 4. The van der Waals surface area contributed by atoms with Gasteiger partial charge in [-0.15, -0.1) is 11.3 Å². The van der Waals surface area contributed by atoms with Crippen LogP contribution in [0.25, 0.3) is 0 Å². The van der Waals surface area contributed by atoms with Crippen LogP contribution in [0.4, 0.5) is 17.6 Å². The number of fused-ring (bicyclic) bond motifs is 1. The van der Waals surface area contributed by atoms with Gasteiger partial charge in [0.05, 0.1) is 6.54 Å². The van der Waals surface area contributed by atoms with Crippen LogP contribution in [0, 0.1) is 11.2 Å². The van der Waals surface area contributed by atoms with Gasteiger partial charge in [-0.1, -0.05) is 18.2 Å². The van der Waals surface area contributed by atoms with E-state index in [1.165, 1.54) is 21.7 Å². The minimum Gasteiger partial charge on any atom is -0.475 e. The maximum absolute atomic E-state index is 13.1. The van der Waals surface area contributed by atoms with Gasteiger partial charge in [0.1, 0.15) is 11.6 Å². The van der Waals surface area contributed by atoms with E-state index in [0.29, 0.717) is 18.8 Å². The summed E-state index contributed by atoms with van der Waals surface area (Å²) < 4.78 is 47.7. The number of benzene rings is 1. The summed E-state index contributed by atoms with van der Waals surface area (Å²) in [6, 6.07) is 10.1. The summed E-state index contributed by atoms with van der Waals surface area (Å²) in [6.07, 6.45) is -3.39. The number of thiophene rings is 1. The van der Waals surface area contributed by atoms with Crippen LogP contribution in [-0.4, -0.2) is 49.6 Å². The van der Waals surface area contributed by atoms with Gasteiger partial charge in [0.15, 0.2) is 0 Å². The third-order valence-corrected chi connectivity index (χ3v) is 7.06. The second-order valence-corrected chi connectivity index (χ2v) is 9.95. The van der Waals surface area contributed by atoms with Crippen LogP contribution in [0.1, 0.15) is 22.7 Å². The fraction of sp³-hybridized carbons (Fsp3) is 0.391. The SMILES string of the molecule is O=C(O)C(F)(F)F.O=c1c(=O)n2c(nn1Cc1ccc(F)cc1)CC1(CCN(Cc3cccs3)C1)C2. The summed E-state index contributed by atoms with van der Waals surface area (Å²) in [7, 11) is 0. The number of carboxylic acid groups (broad SMARTS) is 1. The van der Waals surface area contributed by atoms with Crippen LogP contribution in [-0.2, 0) is 30.8 Å². The Hall–Kier alpha value is -3.32. The molecule has 0 bridgehead atoms. The number of hydrogen-bond acceptors (Lipinski definition) is 6. The van der Waals surface area contributed by atoms with Gasteiger partial charge in [0.2, 0.25) is 0 Å². The van der Waals surface area contributed by atoms with Crippen molar-refractivity contribution in [2.24, 2.45) is 5.41 Å². The number of aromatic nitrogens is 3. The summed E-state index contributed by atoms with van der Waals surface area (Å²) in [4.78, 5) is 37.9. The Bertz CT molecular complexity index is 1350. The maximum Gasteiger partial charge on any atom is 0.490 e. The van der Waals surface area contributed by atoms with E-state index in [9.17, 15) is 27.2 Å². The third-order valence-electron chi connectivity index (χ3n) is 6.20. The molecule has 1 spiro atoms. The van der Waals surface area contributed by atoms with Crippen LogP contribution in [0.2, 0.25) is 0 Å². The van der Waals surface area contributed by atoms with E-state index in [2.05, 4.69) is 27.5 Å². The Morgan fingerprint density at radius 3 is 2.39 bits per heavy atom. The minimum absolute atomic E-state index is 0.0298. The highest BCUT2D eigenvalue weighted by molar-refractivity contribution is 7.09. The molecule has 1 saturated heterocycles. The summed E-state index contributed by atoms with van der Waals surface area (Å²) in [6.45, 7) is 3.54. The van der Waals surface area contributed by atoms with Crippen molar-refractivity contribution in [2.75, 3.05) is 13.1 Å². The van der Waals surface area contributed by atoms with E-state index in [-0.39, 0.29) is 17.8 Å². The van der Waals surface area contributed by atoms with Gasteiger partial charge in [-0.05, 0) is 42.1 Å². The van der Waals surface area contributed by atoms with Crippen molar-refractivity contribution in [2.45, 2.75) is 38.7 Å². The van der Waals surface area contributed by atoms with Gasteiger partial charge in [-0.3, -0.25) is 19.1 Å². The lowest BCUT2D eigenvalue weighted by molar-refractivity contribution is -0.192. The highest BCUT2D eigenvalue weighted by Gasteiger charge is 2.44. The van der Waals surface area contributed by atoms with Crippen molar-refractivity contribution in [3.63, 3.8) is 0 Å². The predicted octanol–water partition coefficient (Wildman–Crippen LogP) is 2.74. The lowest BCUT2D eigenvalue weighted by Crippen LogP contribution is -2.43. The van der Waals surface area contributed by atoms with Crippen molar-refractivity contribution in [3.8, 4) is 0 Å². The van der Waals surface area contributed by atoms with Crippen LogP contribution in [0.3, 0.4) is 0 Å². The van der Waals surface area contributed by atoms with Gasteiger partial charge in [-0.25, -0.2) is 13.9 Å². The number of likely N-dealkylation sites (tertiary alicyclic amines) is 1. The average Bonchev–Trinajstić information content (AvgIpc) is 3.55. The molecule has 1 unspecified atom stereocenters. The van der Waals surface area contributed by atoms with E-state index in [0.717, 1.165) is 31.6 Å². The molecular formula is C23H22F4N4O4S. The molecule has 0 radical (unpaired) electrons. The first-order valence-corrected chi connectivity index (χ1v) is 11.8. The molecule has 1 atom stereocenters. The molecule has 13 heteroatoms. The first-order valence-electron chi connectivity index (χ1n) is 11.0. The second kappa shape index (κ2) is 9.97. The molecule has 1 fully saturated rings. The Kier molecular flexibility index (Phi) is 7.14. The molecule has 1 N–H and O–H groups in total. The fourth-order valence-electron chi connectivity index (χ4n) is 4.53. The standard InChI is InChI=1S/C21H21FN4O2S.C2HF3O2/c22-16-5-3-15(4-6-16)11-26-20(28)19(27)25-14-21(10-18(25)23-26)7-8-24(13-21)12-17-2-1-9-29-17;3-2(4,5)1(6)7/h1-6,9H,7-8,10-14H2;(H,6,7). The Morgan fingerprint density at radius 1 is 1.08 bits per heavy atom. The maximum atomic E-state index is 13.1. The normalized spacial score (nSPS) is 19.2. The van der Waals surface area contributed by atoms with Gasteiger partial charge in [-0.2, -0.15) is 18.3 Å². The molecule has 4 heterocycles. The van der Waals surface area contributed by atoms with Crippen molar-refractivity contribution in [3.05, 3.63) is 84.6 Å². The molecule has 0 aliphatic carbocycles. The topological polar surface area (TPSA) is 97.4 Å². The van der Waals surface area contributed by atoms with Gasteiger partial charge in [0.25, 0.3) is 0 Å². The van der Waals surface area contributed by atoms with Gasteiger partial charge < -0.3 is 5.11 Å². The molecule has 2 aliphatic rings. The van der Waals surface area contributed by atoms with Crippen LogP contribution < -0.4 is 11.1 Å². The largest absolute Gasteiger partial charge is 0.490 e. The number of alkyl halides is 3. The molecule has 2 aliphatic heterocycles. The zero-order chi connectivity index (χ0) is 26.1. The highest BCUT2D eigenvalue weighted by atomic mass is 32.1. The van der Waals surface area contributed by atoms with Gasteiger partial charge in [0, 0.05) is 36.3 Å². The molecule has 0 amide bonds. The fourth-order valence-corrected chi connectivity index (χ4v) is 5.28. The number of carboxylic acids is 1. The predicted molar refractivity (Wildman–Crippen MR) is 122 cm³/mol. The molecule has 0 saturated carbocycles. The van der Waals surface area contributed by atoms with Crippen molar-refractivity contribution < 1.29 is 27.5 Å². The Labute approximate surface area is 206 Å². The molecule has 3 aromatic rings. The number of aliphatic carboxylic acids is 1. The summed E-state index contributed by atoms with van der Waals surface area (Å²) >= 11 is 1.76. The Balaban J connectivity index is 0.000000384. The lowest BCUT2D eigenvalue weighted by Gasteiger charge is -2.22. The molecule has 8 nitrogen and oxygen atoms in total. The number of rotatable bonds is 4. The van der Waals surface area contributed by atoms with Crippen molar-refractivity contribution >= 4 is 17.3 Å². The molecule has 5 rings (SSSR count). The average molecular weight is 527 g/mol. The smallest absolute Gasteiger partial charge is 0.475 e. The monoisotopic (exact) mass is 526 g/mol. The summed E-state index contributed by atoms with van der Waals surface area (Å²) in [5.74, 6) is -2.42. The first-order chi connectivity index (χ1) is 17.0. The van der Waals surface area contributed by atoms with Crippen LogP contribution in [0.15, 0.2) is 51.4 Å². The zero-order valence-corrected chi connectivity index (χ0v) is 19.7. The number of nitrogens with zero attached hydrogens (tertiary/aromatic N) is 4. The molecule has 192 valence electrons. The zero-order valence-electron chi connectivity index (χ0n) is 18.9. The highest BCUT2D eigenvalue weighted by Crippen LogP contribution is 2.39. The first kappa shape index (κ1) is 25.8. The number of hydrogen-bond donors (Lipinski definition) is 1. The molecule has 36 heavy (non-hydrogen) atoms. The third kappa shape index (κ3) is 5.73. The van der Waals surface area contributed by atoms with Crippen molar-refractivity contribution in [1.29, 1.82) is 0 Å². The van der Waals surface area contributed by atoms with Crippen LogP contribution >= 0.6 is 11.3 Å². The van der Waals surface area contributed by atoms with E-state index in [1.807, 2.05) is 0 Å². The van der Waals surface area contributed by atoms with E-state index in [1.54, 1.807) is 28.0 Å². The molecule has 2 aromatic heterocycles. The quantitative estimate of drug-likeness (QED) is 0.415. The van der Waals surface area contributed by atoms with Crippen LogP contribution in [0.5, 0.6) is 0 Å². The molecular weight excluding hydrogens is 504 g/mol. The van der Waals surface area contributed by atoms with E-state index < -0.39 is 23.3 Å².